The molecule has 0 fully saturated rings. The fourth-order valence-electron chi connectivity index (χ4n) is 2.94. The Kier molecular flexibility index (Phi) is 10.8. The minimum absolute atomic E-state index is 0.0635. The predicted molar refractivity (Wildman–Crippen MR) is 155 cm³/mol. The third-order valence-electron chi connectivity index (χ3n) is 5.74. The molecule has 0 aliphatic heterocycles. The zero-order valence-corrected chi connectivity index (χ0v) is 25.2. The van der Waals surface area contributed by atoms with E-state index in [9.17, 15) is 0 Å². The maximum atomic E-state index is 6.64. The molecule has 38 heavy (non-hydrogen) atoms. The van der Waals surface area contributed by atoms with Crippen molar-refractivity contribution >= 4 is 46.7 Å². The van der Waals surface area contributed by atoms with Gasteiger partial charge in [-0.1, -0.05) is 37.4 Å². The molecule has 200 valence electrons. The minimum atomic E-state index is -0.620. The summed E-state index contributed by atoms with van der Waals surface area (Å²) in [6.07, 6.45) is 13.8. The Labute approximate surface area is 242 Å². The summed E-state index contributed by atoms with van der Waals surface area (Å²) in [6.45, 7) is 11.8. The second-order valence-corrected chi connectivity index (χ2v) is 13.0. The van der Waals surface area contributed by atoms with Gasteiger partial charge in [0.25, 0.3) is 0 Å². The van der Waals surface area contributed by atoms with E-state index in [1.165, 1.54) is 23.5 Å². The van der Waals surface area contributed by atoms with Crippen molar-refractivity contribution in [1.82, 2.24) is 39.9 Å². The van der Waals surface area contributed by atoms with E-state index in [1.807, 2.05) is 41.5 Å². The van der Waals surface area contributed by atoms with Gasteiger partial charge in [0.1, 0.15) is 0 Å². The number of alkyl halides is 2. The van der Waals surface area contributed by atoms with Crippen molar-refractivity contribution in [1.29, 1.82) is 0 Å². The van der Waals surface area contributed by atoms with Crippen LogP contribution in [0.15, 0.2) is 72.0 Å². The Morgan fingerprint density at radius 2 is 0.921 bits per heavy atom. The van der Waals surface area contributed by atoms with E-state index in [2.05, 4.69) is 39.9 Å². The SMILES string of the molecule is Cc1cnc([C@@](C)(Cl)[C@@H](C)Sc2ncccn2)cn1.Cc1cnc([C@](C)(Cl)[C@H](C)Sc2ncccn2)cn1. The van der Waals surface area contributed by atoms with Crippen LogP contribution >= 0.6 is 46.7 Å². The van der Waals surface area contributed by atoms with Gasteiger partial charge in [-0.3, -0.25) is 19.9 Å². The Morgan fingerprint density at radius 1 is 0.579 bits per heavy atom. The summed E-state index contributed by atoms with van der Waals surface area (Å²) in [4.78, 5) is 32.8. The number of hydrogen-bond donors (Lipinski definition) is 0. The molecule has 8 nitrogen and oxygen atoms in total. The Balaban J connectivity index is 0.000000211. The number of rotatable bonds is 8. The number of aromatic nitrogens is 8. The van der Waals surface area contributed by atoms with Gasteiger partial charge in [-0.15, -0.1) is 23.2 Å². The van der Waals surface area contributed by atoms with Crippen LogP contribution < -0.4 is 0 Å². The van der Waals surface area contributed by atoms with Gasteiger partial charge in [0.05, 0.1) is 44.9 Å². The topological polar surface area (TPSA) is 103 Å². The van der Waals surface area contributed by atoms with Crippen molar-refractivity contribution in [2.45, 2.75) is 72.1 Å². The van der Waals surface area contributed by atoms with Gasteiger partial charge < -0.3 is 0 Å². The van der Waals surface area contributed by atoms with Gasteiger partial charge in [0.2, 0.25) is 0 Å². The summed E-state index contributed by atoms with van der Waals surface area (Å²) in [5, 5.41) is 1.55. The maximum absolute atomic E-state index is 6.64. The third-order valence-corrected chi connectivity index (χ3v) is 9.53. The van der Waals surface area contributed by atoms with Crippen molar-refractivity contribution < 1.29 is 0 Å². The molecule has 4 aromatic heterocycles. The standard InChI is InChI=1S/2C13H15ClN4S/c2*1-9-7-18-11(8-17-9)13(3,14)10(2)19-12-15-5-4-6-16-12/h2*4-8,10H,1-3H3/t2*10-,13+/m10/s1. The minimum Gasteiger partial charge on any atom is -0.258 e. The first-order chi connectivity index (χ1) is 18.0. The summed E-state index contributed by atoms with van der Waals surface area (Å²) in [5.74, 6) is 0. The van der Waals surface area contributed by atoms with Gasteiger partial charge in [0.15, 0.2) is 10.3 Å². The van der Waals surface area contributed by atoms with Crippen molar-refractivity contribution in [3.8, 4) is 0 Å². The normalized spacial score (nSPS) is 15.8. The molecule has 0 saturated heterocycles. The summed E-state index contributed by atoms with van der Waals surface area (Å²) >= 11 is 16.3. The average Bonchev–Trinajstić information content (AvgIpc) is 2.90. The van der Waals surface area contributed by atoms with E-state index in [1.54, 1.807) is 61.7 Å². The van der Waals surface area contributed by atoms with Crippen LogP contribution in [0.1, 0.15) is 50.5 Å². The first-order valence-electron chi connectivity index (χ1n) is 11.8. The van der Waals surface area contributed by atoms with Crippen molar-refractivity contribution in [3.63, 3.8) is 0 Å². The molecule has 4 atom stereocenters. The van der Waals surface area contributed by atoms with Crippen molar-refractivity contribution in [2.75, 3.05) is 0 Å². The van der Waals surface area contributed by atoms with E-state index in [4.69, 9.17) is 23.2 Å². The fraction of sp³-hybridized carbons (Fsp3) is 0.385. The molecule has 0 bridgehead atoms. The summed E-state index contributed by atoms with van der Waals surface area (Å²) in [6, 6.07) is 3.58. The van der Waals surface area contributed by atoms with Gasteiger partial charge in [-0.25, -0.2) is 19.9 Å². The highest BCUT2D eigenvalue weighted by Crippen LogP contribution is 2.40. The zero-order valence-electron chi connectivity index (χ0n) is 22.1. The second kappa shape index (κ2) is 13.6. The first kappa shape index (κ1) is 30.1. The van der Waals surface area contributed by atoms with E-state index in [0.29, 0.717) is 10.3 Å². The number of aryl methyl sites for hydroxylation is 2. The smallest absolute Gasteiger partial charge is 0.187 e. The lowest BCUT2D eigenvalue weighted by molar-refractivity contribution is 0.636. The molecule has 4 heterocycles. The maximum Gasteiger partial charge on any atom is 0.187 e. The van der Waals surface area contributed by atoms with Crippen LogP contribution in [0.4, 0.5) is 0 Å². The van der Waals surface area contributed by atoms with Crippen molar-refractivity contribution in [3.05, 3.63) is 84.5 Å². The van der Waals surface area contributed by atoms with Gasteiger partial charge in [-0.05, 0) is 39.8 Å². The highest BCUT2D eigenvalue weighted by molar-refractivity contribution is 8.00. The molecule has 0 spiro atoms. The molecule has 0 N–H and O–H groups in total. The molecule has 0 amide bonds. The van der Waals surface area contributed by atoms with Gasteiger partial charge in [0, 0.05) is 47.7 Å². The first-order valence-corrected chi connectivity index (χ1v) is 14.3. The van der Waals surface area contributed by atoms with Crippen LogP contribution in [0.25, 0.3) is 0 Å². The predicted octanol–water partition coefficient (Wildman–Crippen LogP) is 6.42. The quantitative estimate of drug-likeness (QED) is 0.130. The molecular formula is C26H30Cl2N8S2. The summed E-state index contributed by atoms with van der Waals surface area (Å²) in [5.41, 5.74) is 3.28. The lowest BCUT2D eigenvalue weighted by Gasteiger charge is -2.27. The highest BCUT2D eigenvalue weighted by atomic mass is 35.5. The molecule has 4 aromatic rings. The summed E-state index contributed by atoms with van der Waals surface area (Å²) in [7, 11) is 0. The number of halogens is 2. The number of hydrogen-bond acceptors (Lipinski definition) is 10. The fourth-order valence-corrected chi connectivity index (χ4v) is 5.20. The number of thioether (sulfide) groups is 2. The second-order valence-electron chi connectivity index (χ2n) is 8.82. The molecule has 0 unspecified atom stereocenters. The third kappa shape index (κ3) is 8.30. The molecule has 0 aliphatic carbocycles. The van der Waals surface area contributed by atoms with Crippen LogP contribution in [0.3, 0.4) is 0 Å². The van der Waals surface area contributed by atoms with Crippen LogP contribution in [0.2, 0.25) is 0 Å². The monoisotopic (exact) mass is 588 g/mol. The average molecular weight is 590 g/mol. The molecule has 0 aliphatic rings. The lowest BCUT2D eigenvalue weighted by atomic mass is 10.0. The number of nitrogens with zero attached hydrogens (tertiary/aromatic N) is 8. The molecule has 0 saturated carbocycles. The Bertz CT molecular complexity index is 1160. The van der Waals surface area contributed by atoms with Gasteiger partial charge in [-0.2, -0.15) is 0 Å². The van der Waals surface area contributed by atoms with Crippen LogP contribution in [0, 0.1) is 13.8 Å². The summed E-state index contributed by atoms with van der Waals surface area (Å²) < 4.78 is 0. The highest BCUT2D eigenvalue weighted by Gasteiger charge is 2.35. The van der Waals surface area contributed by atoms with Crippen LogP contribution in [-0.2, 0) is 9.75 Å². The lowest BCUT2D eigenvalue weighted by Crippen LogP contribution is -2.27. The Hall–Kier alpha value is -2.40. The van der Waals surface area contributed by atoms with Gasteiger partial charge >= 0.3 is 0 Å². The Morgan fingerprint density at radius 3 is 1.21 bits per heavy atom. The largest absolute Gasteiger partial charge is 0.258 e. The van der Waals surface area contributed by atoms with E-state index in [0.717, 1.165) is 22.8 Å². The molecule has 0 radical (unpaired) electrons. The zero-order chi connectivity index (χ0) is 27.8. The van der Waals surface area contributed by atoms with Crippen LogP contribution in [-0.4, -0.2) is 50.4 Å². The molecule has 4 rings (SSSR count). The van der Waals surface area contributed by atoms with Crippen LogP contribution in [0.5, 0.6) is 0 Å². The van der Waals surface area contributed by atoms with Crippen molar-refractivity contribution in [2.24, 2.45) is 0 Å². The molecular weight excluding hydrogens is 559 g/mol. The molecule has 0 aromatic carbocycles. The molecule has 12 heteroatoms. The van der Waals surface area contributed by atoms with E-state index in [-0.39, 0.29) is 10.5 Å². The van der Waals surface area contributed by atoms with E-state index >= 15 is 0 Å². The van der Waals surface area contributed by atoms with E-state index < -0.39 is 9.75 Å².